The maximum absolute atomic E-state index is 5.13. The highest BCUT2D eigenvalue weighted by Gasteiger charge is 2.00. The minimum atomic E-state index is 0.755. The van der Waals surface area contributed by atoms with E-state index >= 15 is 0 Å². The Balaban J connectivity index is 2.98. The Labute approximate surface area is 78.7 Å². The molecule has 5 heteroatoms. The molecular weight excluding hydrogens is 190 g/mol. The molecule has 2 heterocycles. The van der Waals surface area contributed by atoms with Crippen molar-refractivity contribution in [2.45, 2.75) is 13.8 Å². The normalized spacial score (nSPS) is 10.8. The van der Waals surface area contributed by atoms with Gasteiger partial charge in [-0.1, -0.05) is 11.3 Å². The predicted molar refractivity (Wildman–Crippen MR) is 51.2 cm³/mol. The molecule has 0 atom stereocenters. The van der Waals surface area contributed by atoms with Crippen molar-refractivity contribution in [3.63, 3.8) is 0 Å². The Morgan fingerprint density at radius 3 is 3.00 bits per heavy atom. The number of hydrogen-bond donors (Lipinski definition) is 0. The van der Waals surface area contributed by atoms with Crippen LogP contribution in [-0.4, -0.2) is 14.6 Å². The van der Waals surface area contributed by atoms with Crippen molar-refractivity contribution >= 4 is 29.2 Å². The van der Waals surface area contributed by atoms with Gasteiger partial charge in [-0.15, -0.1) is 0 Å². The molecule has 0 unspecified atom stereocenters. The van der Waals surface area contributed by atoms with Gasteiger partial charge in [0.2, 0.25) is 0 Å². The van der Waals surface area contributed by atoms with Crippen LogP contribution in [0.4, 0.5) is 0 Å². The van der Waals surface area contributed by atoms with Crippen molar-refractivity contribution in [2.24, 2.45) is 0 Å². The zero-order valence-corrected chi connectivity index (χ0v) is 8.37. The Morgan fingerprint density at radius 2 is 2.25 bits per heavy atom. The van der Waals surface area contributed by atoms with Gasteiger partial charge in [0.1, 0.15) is 0 Å². The maximum atomic E-state index is 5.13. The first-order valence-corrected chi connectivity index (χ1v) is 4.73. The molecule has 0 aliphatic carbocycles. The first kappa shape index (κ1) is 7.82. The van der Waals surface area contributed by atoms with Gasteiger partial charge in [0.15, 0.2) is 9.60 Å². The zero-order valence-electron chi connectivity index (χ0n) is 6.74. The van der Waals surface area contributed by atoms with E-state index in [0.29, 0.717) is 0 Å². The molecule has 0 saturated heterocycles. The van der Waals surface area contributed by atoms with Crippen molar-refractivity contribution in [3.8, 4) is 0 Å². The van der Waals surface area contributed by atoms with Crippen LogP contribution >= 0.6 is 23.6 Å². The van der Waals surface area contributed by atoms with Crippen LogP contribution in [0.5, 0.6) is 0 Å². The van der Waals surface area contributed by atoms with Crippen LogP contribution in [0.1, 0.15) is 10.7 Å². The zero-order chi connectivity index (χ0) is 8.72. The Bertz CT molecular complexity index is 483. The van der Waals surface area contributed by atoms with Crippen LogP contribution in [0.25, 0.3) is 5.65 Å². The monoisotopic (exact) mass is 197 g/mol. The highest BCUT2D eigenvalue weighted by Crippen LogP contribution is 2.10. The molecule has 2 aromatic heterocycles. The number of aromatic nitrogens is 3. The third-order valence-electron chi connectivity index (χ3n) is 1.49. The molecule has 0 aliphatic rings. The van der Waals surface area contributed by atoms with E-state index < -0.39 is 0 Å². The van der Waals surface area contributed by atoms with E-state index in [1.54, 1.807) is 4.52 Å². The minimum absolute atomic E-state index is 0.755. The Morgan fingerprint density at radius 1 is 1.50 bits per heavy atom. The van der Waals surface area contributed by atoms with Crippen molar-refractivity contribution in [1.29, 1.82) is 0 Å². The van der Waals surface area contributed by atoms with Gasteiger partial charge in [0.25, 0.3) is 0 Å². The molecule has 62 valence electrons. The van der Waals surface area contributed by atoms with Gasteiger partial charge in [0, 0.05) is 6.07 Å². The van der Waals surface area contributed by atoms with E-state index in [2.05, 4.69) is 10.1 Å². The molecule has 0 N–H and O–H groups in total. The van der Waals surface area contributed by atoms with E-state index in [-0.39, 0.29) is 0 Å². The molecule has 0 amide bonds. The highest BCUT2D eigenvalue weighted by atomic mass is 32.1. The van der Waals surface area contributed by atoms with Gasteiger partial charge < -0.3 is 0 Å². The van der Waals surface area contributed by atoms with Crippen LogP contribution in [-0.2, 0) is 0 Å². The van der Waals surface area contributed by atoms with Gasteiger partial charge in [0.05, 0.1) is 10.7 Å². The second-order valence-corrected chi connectivity index (χ2v) is 4.38. The molecule has 0 fully saturated rings. The molecule has 0 aliphatic heterocycles. The summed E-state index contributed by atoms with van der Waals surface area (Å²) >= 11 is 6.61. The van der Waals surface area contributed by atoms with Gasteiger partial charge in [-0.2, -0.15) is 9.61 Å². The topological polar surface area (TPSA) is 30.2 Å². The first-order valence-electron chi connectivity index (χ1n) is 3.51. The largest absolute Gasteiger partial charge is 0.223 e. The van der Waals surface area contributed by atoms with Crippen LogP contribution < -0.4 is 0 Å². The summed E-state index contributed by atoms with van der Waals surface area (Å²) in [5, 5.41) is 5.19. The average molecular weight is 197 g/mol. The van der Waals surface area contributed by atoms with Crippen LogP contribution in [0.3, 0.4) is 0 Å². The predicted octanol–water partition coefficient (Wildman–Crippen LogP) is 2.14. The standard InChI is InChI=1S/C7H7N3S2/c1-4-3-6-8-5(2)12-7(11)10(6)9-4/h3H,1-2H3. The second-order valence-electron chi connectivity index (χ2n) is 2.55. The van der Waals surface area contributed by atoms with Gasteiger partial charge in [-0.05, 0) is 26.1 Å². The molecule has 2 aromatic rings. The van der Waals surface area contributed by atoms with E-state index in [0.717, 1.165) is 20.3 Å². The summed E-state index contributed by atoms with van der Waals surface area (Å²) in [6.07, 6.45) is 0. The molecule has 12 heavy (non-hydrogen) atoms. The summed E-state index contributed by atoms with van der Waals surface area (Å²) in [4.78, 5) is 4.31. The van der Waals surface area contributed by atoms with Gasteiger partial charge >= 0.3 is 0 Å². The van der Waals surface area contributed by atoms with Crippen molar-refractivity contribution in [3.05, 3.63) is 20.7 Å². The number of aryl methyl sites for hydroxylation is 2. The van der Waals surface area contributed by atoms with Crippen LogP contribution in [0.2, 0.25) is 0 Å². The number of fused-ring (bicyclic) bond motifs is 1. The Hall–Kier alpha value is -0.810. The minimum Gasteiger partial charge on any atom is -0.223 e. The maximum Gasteiger partial charge on any atom is 0.185 e. The summed E-state index contributed by atoms with van der Waals surface area (Å²) in [6, 6.07) is 1.93. The third-order valence-corrected chi connectivity index (χ3v) is 2.65. The lowest BCUT2D eigenvalue weighted by atomic mass is 10.5. The fourth-order valence-corrected chi connectivity index (χ4v) is 2.16. The Kier molecular flexibility index (Phi) is 1.69. The summed E-state index contributed by atoms with van der Waals surface area (Å²) < 4.78 is 2.45. The highest BCUT2D eigenvalue weighted by molar-refractivity contribution is 7.73. The smallest absolute Gasteiger partial charge is 0.185 e. The SMILES string of the molecule is Cc1cc2nc(C)sc(=S)n2n1. The summed E-state index contributed by atoms with van der Waals surface area (Å²) in [7, 11) is 0. The van der Waals surface area contributed by atoms with Gasteiger partial charge in [-0.3, -0.25) is 0 Å². The third kappa shape index (κ3) is 1.15. The lowest BCUT2D eigenvalue weighted by molar-refractivity contribution is 0.920. The molecule has 0 radical (unpaired) electrons. The lowest BCUT2D eigenvalue weighted by Crippen LogP contribution is -1.90. The van der Waals surface area contributed by atoms with Crippen molar-refractivity contribution in [1.82, 2.24) is 14.6 Å². The van der Waals surface area contributed by atoms with E-state index in [4.69, 9.17) is 12.2 Å². The molecule has 0 bridgehead atoms. The average Bonchev–Trinajstić information content (AvgIpc) is 2.29. The number of nitrogens with zero attached hydrogens (tertiary/aromatic N) is 3. The molecule has 0 aromatic carbocycles. The van der Waals surface area contributed by atoms with Gasteiger partial charge in [-0.25, -0.2) is 4.98 Å². The van der Waals surface area contributed by atoms with Crippen LogP contribution in [0.15, 0.2) is 6.07 Å². The molecule has 2 rings (SSSR count). The molecule has 0 saturated carbocycles. The summed E-state index contributed by atoms with van der Waals surface area (Å²) in [5.74, 6) is 0. The van der Waals surface area contributed by atoms with Crippen molar-refractivity contribution in [2.75, 3.05) is 0 Å². The van der Waals surface area contributed by atoms with Crippen molar-refractivity contribution < 1.29 is 0 Å². The lowest BCUT2D eigenvalue weighted by Gasteiger charge is -1.92. The van der Waals surface area contributed by atoms with E-state index in [1.807, 2.05) is 19.9 Å². The first-order chi connectivity index (χ1) is 5.66. The fourth-order valence-electron chi connectivity index (χ4n) is 1.05. The van der Waals surface area contributed by atoms with E-state index in [1.165, 1.54) is 11.3 Å². The number of hydrogen-bond acceptors (Lipinski definition) is 4. The summed E-state index contributed by atoms with van der Waals surface area (Å²) in [5.41, 5.74) is 1.79. The number of rotatable bonds is 0. The molecular formula is C7H7N3S2. The summed E-state index contributed by atoms with van der Waals surface area (Å²) in [6.45, 7) is 3.88. The second kappa shape index (κ2) is 2.60. The van der Waals surface area contributed by atoms with E-state index in [9.17, 15) is 0 Å². The fraction of sp³-hybridized carbons (Fsp3) is 0.286. The molecule has 3 nitrogen and oxygen atoms in total. The molecule has 0 spiro atoms. The quantitative estimate of drug-likeness (QED) is 0.606. The van der Waals surface area contributed by atoms with Crippen LogP contribution in [0, 0.1) is 17.8 Å².